The number of hydrogen-bond acceptors (Lipinski definition) is 2. The predicted octanol–water partition coefficient (Wildman–Crippen LogP) is 4.44. The summed E-state index contributed by atoms with van der Waals surface area (Å²) >= 11 is 0. The first-order valence-corrected chi connectivity index (χ1v) is 6.53. The molecule has 0 aliphatic carbocycles. The van der Waals surface area contributed by atoms with E-state index in [0.717, 1.165) is 28.5 Å². The second-order valence-electron chi connectivity index (χ2n) is 4.77. The maximum atomic E-state index is 13.2. The number of rotatable bonds is 3. The van der Waals surface area contributed by atoms with Crippen molar-refractivity contribution in [2.75, 3.05) is 5.32 Å². The Morgan fingerprint density at radius 1 is 0.905 bits per heavy atom. The lowest BCUT2D eigenvalue weighted by molar-refractivity contribution is 0.470. The van der Waals surface area contributed by atoms with E-state index in [4.69, 9.17) is 0 Å². The van der Waals surface area contributed by atoms with E-state index in [9.17, 15) is 13.9 Å². The van der Waals surface area contributed by atoms with Gasteiger partial charge in [0.2, 0.25) is 0 Å². The van der Waals surface area contributed by atoms with Gasteiger partial charge in [-0.25, -0.2) is 8.78 Å². The van der Waals surface area contributed by atoms with Crippen LogP contribution in [0.15, 0.2) is 54.6 Å². The molecule has 0 unspecified atom stereocenters. The maximum absolute atomic E-state index is 13.2. The molecule has 2 N–H and O–H groups in total. The van der Waals surface area contributed by atoms with Crippen molar-refractivity contribution in [3.8, 4) is 5.75 Å². The number of phenols is 1. The van der Waals surface area contributed by atoms with Crippen LogP contribution in [0.5, 0.6) is 5.75 Å². The molecule has 3 aromatic carbocycles. The molecule has 106 valence electrons. The zero-order chi connectivity index (χ0) is 14.8. The van der Waals surface area contributed by atoms with Crippen molar-refractivity contribution in [3.05, 3.63) is 71.8 Å². The van der Waals surface area contributed by atoms with Crippen molar-refractivity contribution >= 4 is 16.5 Å². The summed E-state index contributed by atoms with van der Waals surface area (Å²) in [5.41, 5.74) is 1.18. The van der Waals surface area contributed by atoms with Crippen molar-refractivity contribution < 1.29 is 13.9 Å². The molecule has 3 rings (SSSR count). The van der Waals surface area contributed by atoms with Crippen molar-refractivity contribution in [3.63, 3.8) is 0 Å². The van der Waals surface area contributed by atoms with Crippen molar-refractivity contribution in [1.29, 1.82) is 0 Å². The van der Waals surface area contributed by atoms with Gasteiger partial charge in [-0.05, 0) is 29.0 Å². The van der Waals surface area contributed by atoms with Crippen molar-refractivity contribution in [2.45, 2.75) is 6.54 Å². The van der Waals surface area contributed by atoms with Crippen LogP contribution < -0.4 is 5.32 Å². The summed E-state index contributed by atoms with van der Waals surface area (Å²) in [7, 11) is 0. The number of halogens is 2. The molecule has 4 heteroatoms. The van der Waals surface area contributed by atoms with Crippen LogP contribution in [-0.4, -0.2) is 5.11 Å². The highest BCUT2D eigenvalue weighted by Crippen LogP contribution is 2.28. The first kappa shape index (κ1) is 13.4. The fourth-order valence-corrected chi connectivity index (χ4v) is 2.31. The molecule has 0 aliphatic rings. The van der Waals surface area contributed by atoms with E-state index in [2.05, 4.69) is 5.32 Å². The van der Waals surface area contributed by atoms with Gasteiger partial charge in [-0.3, -0.25) is 0 Å². The van der Waals surface area contributed by atoms with E-state index in [1.165, 1.54) is 6.07 Å². The Bertz CT molecular complexity index is 802. The van der Waals surface area contributed by atoms with Crippen LogP contribution in [0.4, 0.5) is 14.5 Å². The van der Waals surface area contributed by atoms with Gasteiger partial charge in [0, 0.05) is 23.9 Å². The molecule has 21 heavy (non-hydrogen) atoms. The standard InChI is InChI=1S/C17H13F2NO/c18-15-7-6-12(9-16(15)19)20-10-14-13-4-2-1-3-11(13)5-8-17(14)21/h1-9,20-21H,10H2. The minimum atomic E-state index is -0.901. The fourth-order valence-electron chi connectivity index (χ4n) is 2.31. The Hall–Kier alpha value is -2.62. The Labute approximate surface area is 120 Å². The summed E-state index contributed by atoms with van der Waals surface area (Å²) in [4.78, 5) is 0. The molecule has 0 saturated carbocycles. The van der Waals surface area contributed by atoms with Gasteiger partial charge in [0.1, 0.15) is 5.75 Å². The molecule has 3 aromatic rings. The summed E-state index contributed by atoms with van der Waals surface area (Å²) < 4.78 is 26.1. The van der Waals surface area contributed by atoms with E-state index >= 15 is 0 Å². The molecule has 0 aromatic heterocycles. The van der Waals surface area contributed by atoms with Crippen molar-refractivity contribution in [2.24, 2.45) is 0 Å². The summed E-state index contributed by atoms with van der Waals surface area (Å²) in [6.07, 6.45) is 0. The van der Waals surface area contributed by atoms with E-state index < -0.39 is 11.6 Å². The quantitative estimate of drug-likeness (QED) is 0.746. The molecule has 0 radical (unpaired) electrons. The van der Waals surface area contributed by atoms with Gasteiger partial charge in [-0.15, -0.1) is 0 Å². The van der Waals surface area contributed by atoms with Gasteiger partial charge in [0.15, 0.2) is 11.6 Å². The van der Waals surface area contributed by atoms with Gasteiger partial charge in [0.05, 0.1) is 0 Å². The summed E-state index contributed by atoms with van der Waals surface area (Å²) in [5, 5.41) is 14.9. The molecule has 0 heterocycles. The lowest BCUT2D eigenvalue weighted by Crippen LogP contribution is -2.01. The van der Waals surface area contributed by atoms with Crippen molar-refractivity contribution in [1.82, 2.24) is 0 Å². The van der Waals surface area contributed by atoms with Crippen LogP contribution >= 0.6 is 0 Å². The topological polar surface area (TPSA) is 32.3 Å². The number of anilines is 1. The van der Waals surface area contributed by atoms with Gasteiger partial charge < -0.3 is 10.4 Å². The molecule has 2 nitrogen and oxygen atoms in total. The van der Waals surface area contributed by atoms with E-state index in [1.54, 1.807) is 6.07 Å². The van der Waals surface area contributed by atoms with E-state index in [-0.39, 0.29) is 5.75 Å². The predicted molar refractivity (Wildman–Crippen MR) is 79.3 cm³/mol. The molecular formula is C17H13F2NO. The van der Waals surface area contributed by atoms with Crippen LogP contribution in [-0.2, 0) is 6.54 Å². The van der Waals surface area contributed by atoms with E-state index in [1.807, 2.05) is 30.3 Å². The average Bonchev–Trinajstić information content (AvgIpc) is 2.50. The molecule has 0 fully saturated rings. The number of benzene rings is 3. The van der Waals surface area contributed by atoms with Crippen LogP contribution in [0.1, 0.15) is 5.56 Å². The van der Waals surface area contributed by atoms with Crippen LogP contribution in [0.3, 0.4) is 0 Å². The summed E-state index contributed by atoms with van der Waals surface area (Å²) in [5.74, 6) is -1.61. The normalized spacial score (nSPS) is 10.8. The third-order valence-electron chi connectivity index (χ3n) is 3.40. The third-order valence-corrected chi connectivity index (χ3v) is 3.40. The first-order valence-electron chi connectivity index (χ1n) is 6.53. The third kappa shape index (κ3) is 2.65. The molecule has 0 spiro atoms. The molecule has 0 bridgehead atoms. The first-order chi connectivity index (χ1) is 10.1. The second-order valence-corrected chi connectivity index (χ2v) is 4.77. The molecular weight excluding hydrogens is 272 g/mol. The fraction of sp³-hybridized carbons (Fsp3) is 0.0588. The molecule has 0 atom stereocenters. The monoisotopic (exact) mass is 285 g/mol. The van der Waals surface area contributed by atoms with E-state index in [0.29, 0.717) is 12.2 Å². The Morgan fingerprint density at radius 2 is 1.71 bits per heavy atom. The minimum Gasteiger partial charge on any atom is -0.508 e. The minimum absolute atomic E-state index is 0.170. The lowest BCUT2D eigenvalue weighted by Gasteiger charge is -2.11. The zero-order valence-electron chi connectivity index (χ0n) is 11.1. The number of hydrogen-bond donors (Lipinski definition) is 2. The number of nitrogens with one attached hydrogen (secondary N) is 1. The SMILES string of the molecule is Oc1ccc2ccccc2c1CNc1ccc(F)c(F)c1. The Balaban J connectivity index is 1.91. The average molecular weight is 285 g/mol. The second kappa shape index (κ2) is 5.40. The number of fused-ring (bicyclic) bond motifs is 1. The van der Waals surface area contributed by atoms with Gasteiger partial charge in [0.25, 0.3) is 0 Å². The highest BCUT2D eigenvalue weighted by atomic mass is 19.2. The summed E-state index contributed by atoms with van der Waals surface area (Å²) in [6, 6.07) is 14.8. The summed E-state index contributed by atoms with van der Waals surface area (Å²) in [6.45, 7) is 0.318. The molecule has 0 saturated heterocycles. The van der Waals surface area contributed by atoms with Crippen LogP contribution in [0.2, 0.25) is 0 Å². The lowest BCUT2D eigenvalue weighted by atomic mass is 10.0. The molecule has 0 amide bonds. The van der Waals surface area contributed by atoms with Gasteiger partial charge >= 0.3 is 0 Å². The van der Waals surface area contributed by atoms with Crippen LogP contribution in [0, 0.1) is 11.6 Å². The zero-order valence-corrected chi connectivity index (χ0v) is 11.1. The van der Waals surface area contributed by atoms with Crippen LogP contribution in [0.25, 0.3) is 10.8 Å². The largest absolute Gasteiger partial charge is 0.508 e. The molecule has 0 aliphatic heterocycles. The number of phenolic OH excluding ortho intramolecular Hbond substituents is 1. The Morgan fingerprint density at radius 3 is 2.52 bits per heavy atom. The van der Waals surface area contributed by atoms with Gasteiger partial charge in [-0.2, -0.15) is 0 Å². The highest BCUT2D eigenvalue weighted by molar-refractivity contribution is 5.87. The highest BCUT2D eigenvalue weighted by Gasteiger charge is 2.07. The maximum Gasteiger partial charge on any atom is 0.160 e. The smallest absolute Gasteiger partial charge is 0.160 e. The Kier molecular flexibility index (Phi) is 3.44. The number of aromatic hydroxyl groups is 1. The van der Waals surface area contributed by atoms with Gasteiger partial charge in [-0.1, -0.05) is 30.3 Å².